The number of nitrogens with zero attached hydrogens (tertiary/aromatic N) is 1. The van der Waals surface area contributed by atoms with Crippen LogP contribution in [0.15, 0.2) is 48.7 Å². The number of aliphatic hydroxyl groups is 3. The standard InChI is InChI=1S/C43H55NO9/c1-4-6-8-15-21-41(49)52-30-37-33(29-51-40(48)20-7-5-2)28-44-31(3)43(37)53-42(50)22-16-10-9-14-19-35-36(39(47)27-38(35)46)26-25-34(45)24-23-32-17-12-11-13-18-32/h1-2,9,11-14,17-18,28,34-36,38-39,45-47H,6-8,10,15-16,19-27,29-30H2,3H3/b14-9-/t34-,35+,36+,38-,39+/m0/s1. The predicted molar refractivity (Wildman–Crippen MR) is 201 cm³/mol. The Bertz CT molecular complexity index is 1560. The molecule has 0 saturated heterocycles. The second kappa shape index (κ2) is 24.0. The summed E-state index contributed by atoms with van der Waals surface area (Å²) in [6, 6.07) is 10.0. The fraction of sp³-hybridized carbons (Fsp3) is 0.535. The van der Waals surface area contributed by atoms with Gasteiger partial charge < -0.3 is 29.5 Å². The zero-order valence-electron chi connectivity index (χ0n) is 30.9. The van der Waals surface area contributed by atoms with Gasteiger partial charge in [0.05, 0.1) is 30.4 Å². The molecule has 0 radical (unpaired) electrons. The van der Waals surface area contributed by atoms with E-state index in [0.717, 1.165) is 6.42 Å². The van der Waals surface area contributed by atoms with Crippen LogP contribution < -0.4 is 4.74 Å². The minimum atomic E-state index is -0.614. The van der Waals surface area contributed by atoms with E-state index in [1.54, 1.807) is 6.92 Å². The van der Waals surface area contributed by atoms with E-state index in [-0.39, 0.29) is 56.5 Å². The SMILES string of the molecule is C#CCCCCC(=O)OCc1c(COC(=O)CCC#C)cnc(C)c1OC(=O)CCC/C=C\C[C@@H]1[C@@H](CC[C@@H](O)CCc2ccccc2)[C@H](O)C[C@@H]1O. The quantitative estimate of drug-likeness (QED) is 0.0519. The fourth-order valence-electron chi connectivity index (χ4n) is 6.53. The van der Waals surface area contributed by atoms with E-state index in [0.29, 0.717) is 81.0 Å². The number of carbonyl (C=O) groups is 3. The molecular weight excluding hydrogens is 674 g/mol. The van der Waals surface area contributed by atoms with Crippen LogP contribution in [0.2, 0.25) is 0 Å². The second-order valence-electron chi connectivity index (χ2n) is 13.6. The first-order valence-electron chi connectivity index (χ1n) is 18.7. The van der Waals surface area contributed by atoms with Crippen LogP contribution in [-0.2, 0) is 43.5 Å². The van der Waals surface area contributed by atoms with E-state index in [1.165, 1.54) is 11.8 Å². The van der Waals surface area contributed by atoms with Crippen molar-refractivity contribution in [2.75, 3.05) is 0 Å². The molecule has 1 fully saturated rings. The summed E-state index contributed by atoms with van der Waals surface area (Å²) in [4.78, 5) is 41.9. The number of unbranched alkanes of at least 4 members (excludes halogenated alkanes) is 3. The van der Waals surface area contributed by atoms with Crippen LogP contribution in [0.4, 0.5) is 0 Å². The number of pyridine rings is 1. The number of benzene rings is 1. The lowest BCUT2D eigenvalue weighted by Gasteiger charge is -2.23. The van der Waals surface area contributed by atoms with Gasteiger partial charge in [0.25, 0.3) is 0 Å². The summed E-state index contributed by atoms with van der Waals surface area (Å²) in [5.41, 5.74) is 2.42. The number of allylic oxidation sites excluding steroid dienone is 2. The maximum absolute atomic E-state index is 13.0. The van der Waals surface area contributed by atoms with Crippen LogP contribution in [0.5, 0.6) is 5.75 Å². The summed E-state index contributed by atoms with van der Waals surface area (Å²) in [5.74, 6) is 3.47. The highest BCUT2D eigenvalue weighted by atomic mass is 16.5. The summed E-state index contributed by atoms with van der Waals surface area (Å²) in [5, 5.41) is 31.9. The number of aliphatic hydroxyl groups excluding tert-OH is 3. The van der Waals surface area contributed by atoms with E-state index in [9.17, 15) is 29.7 Å². The van der Waals surface area contributed by atoms with Gasteiger partial charge in [0.15, 0.2) is 5.75 Å². The third-order valence-electron chi connectivity index (χ3n) is 9.60. The summed E-state index contributed by atoms with van der Waals surface area (Å²) in [6.07, 6.45) is 21.4. The molecule has 1 aromatic carbocycles. The van der Waals surface area contributed by atoms with E-state index < -0.39 is 36.2 Å². The number of hydrogen-bond donors (Lipinski definition) is 3. The largest absolute Gasteiger partial charge is 0.461 e. The average Bonchev–Trinajstić information content (AvgIpc) is 3.42. The summed E-state index contributed by atoms with van der Waals surface area (Å²) >= 11 is 0. The number of esters is 3. The number of rotatable bonds is 23. The first-order chi connectivity index (χ1) is 25.6. The molecule has 1 aromatic heterocycles. The number of aromatic nitrogens is 1. The van der Waals surface area contributed by atoms with Gasteiger partial charge in [0, 0.05) is 43.0 Å². The number of terminal acetylenes is 2. The van der Waals surface area contributed by atoms with Gasteiger partial charge in [-0.25, -0.2) is 0 Å². The van der Waals surface area contributed by atoms with E-state index in [2.05, 4.69) is 16.8 Å². The van der Waals surface area contributed by atoms with Gasteiger partial charge in [-0.1, -0.05) is 42.5 Å². The molecule has 3 N–H and O–H groups in total. The van der Waals surface area contributed by atoms with Crippen LogP contribution >= 0.6 is 0 Å². The number of ether oxygens (including phenoxy) is 3. The molecule has 53 heavy (non-hydrogen) atoms. The van der Waals surface area contributed by atoms with Crippen molar-refractivity contribution in [1.29, 1.82) is 0 Å². The van der Waals surface area contributed by atoms with E-state index >= 15 is 0 Å². The maximum Gasteiger partial charge on any atom is 0.311 e. The van der Waals surface area contributed by atoms with Gasteiger partial charge in [-0.15, -0.1) is 24.7 Å². The van der Waals surface area contributed by atoms with Gasteiger partial charge >= 0.3 is 17.9 Å². The van der Waals surface area contributed by atoms with Crippen LogP contribution in [0.25, 0.3) is 0 Å². The molecule has 0 bridgehead atoms. The Hall–Kier alpha value is -4.48. The summed E-state index contributed by atoms with van der Waals surface area (Å²) in [6.45, 7) is 1.31. The molecule has 5 atom stereocenters. The highest BCUT2D eigenvalue weighted by Crippen LogP contribution is 2.38. The van der Waals surface area contributed by atoms with Gasteiger partial charge in [0.1, 0.15) is 13.2 Å². The number of hydrogen-bond acceptors (Lipinski definition) is 10. The smallest absolute Gasteiger partial charge is 0.311 e. The molecule has 3 rings (SSSR count). The minimum Gasteiger partial charge on any atom is -0.461 e. The first kappa shape index (κ1) is 42.9. The minimum absolute atomic E-state index is 0.0531. The summed E-state index contributed by atoms with van der Waals surface area (Å²) in [7, 11) is 0. The Labute approximate surface area is 314 Å². The molecule has 0 spiro atoms. The molecule has 1 heterocycles. The molecule has 286 valence electrons. The highest BCUT2D eigenvalue weighted by Gasteiger charge is 2.40. The Morgan fingerprint density at radius 1 is 0.887 bits per heavy atom. The number of carbonyl (C=O) groups excluding carboxylic acids is 3. The van der Waals surface area contributed by atoms with Crippen molar-refractivity contribution < 1.29 is 43.9 Å². The topological polar surface area (TPSA) is 152 Å². The maximum atomic E-state index is 13.0. The molecule has 1 saturated carbocycles. The fourth-order valence-corrected chi connectivity index (χ4v) is 6.53. The van der Waals surface area contributed by atoms with Crippen molar-refractivity contribution >= 4 is 17.9 Å². The lowest BCUT2D eigenvalue weighted by Crippen LogP contribution is -2.23. The zero-order chi connectivity index (χ0) is 38.4. The predicted octanol–water partition coefficient (Wildman–Crippen LogP) is 6.24. The van der Waals surface area contributed by atoms with Crippen LogP contribution in [-0.4, -0.2) is 56.5 Å². The van der Waals surface area contributed by atoms with Crippen LogP contribution in [0, 0.1) is 43.4 Å². The van der Waals surface area contributed by atoms with E-state index in [4.69, 9.17) is 27.1 Å². The molecule has 10 nitrogen and oxygen atoms in total. The first-order valence-corrected chi connectivity index (χ1v) is 18.7. The lowest BCUT2D eigenvalue weighted by molar-refractivity contribution is -0.146. The Kier molecular flexibility index (Phi) is 19.4. The average molecular weight is 730 g/mol. The van der Waals surface area contributed by atoms with Crippen molar-refractivity contribution in [1.82, 2.24) is 4.98 Å². The molecular formula is C43H55NO9. The molecule has 0 unspecified atom stereocenters. The van der Waals surface area contributed by atoms with Gasteiger partial charge in [0.2, 0.25) is 0 Å². The molecule has 10 heteroatoms. The van der Waals surface area contributed by atoms with Crippen LogP contribution in [0.1, 0.15) is 112 Å². The van der Waals surface area contributed by atoms with Crippen molar-refractivity contribution in [3.63, 3.8) is 0 Å². The third-order valence-corrected chi connectivity index (χ3v) is 9.60. The Morgan fingerprint density at radius 3 is 2.34 bits per heavy atom. The van der Waals surface area contributed by atoms with Gasteiger partial charge in [-0.3, -0.25) is 19.4 Å². The molecule has 1 aliphatic carbocycles. The highest BCUT2D eigenvalue weighted by molar-refractivity contribution is 5.74. The Balaban J connectivity index is 1.51. The Morgan fingerprint density at radius 2 is 1.58 bits per heavy atom. The van der Waals surface area contributed by atoms with Crippen molar-refractivity contribution in [2.45, 2.75) is 135 Å². The van der Waals surface area contributed by atoms with E-state index in [1.807, 2.05) is 42.5 Å². The van der Waals surface area contributed by atoms with Gasteiger partial charge in [-0.05, 0) is 88.5 Å². The monoisotopic (exact) mass is 729 g/mol. The second-order valence-corrected chi connectivity index (χ2v) is 13.6. The van der Waals surface area contributed by atoms with Crippen molar-refractivity contribution in [3.05, 3.63) is 71.1 Å². The molecule has 0 amide bonds. The van der Waals surface area contributed by atoms with Gasteiger partial charge in [-0.2, -0.15) is 0 Å². The summed E-state index contributed by atoms with van der Waals surface area (Å²) < 4.78 is 16.6. The zero-order valence-corrected chi connectivity index (χ0v) is 30.9. The molecule has 2 aromatic rings. The van der Waals surface area contributed by atoms with Crippen LogP contribution in [0.3, 0.4) is 0 Å². The molecule has 1 aliphatic rings. The van der Waals surface area contributed by atoms with Crippen molar-refractivity contribution in [3.8, 4) is 30.4 Å². The third kappa shape index (κ3) is 15.6. The lowest BCUT2D eigenvalue weighted by atomic mass is 9.85. The number of aryl methyl sites for hydroxylation is 2. The normalized spacial score (nSPS) is 18.6. The van der Waals surface area contributed by atoms with Crippen molar-refractivity contribution in [2.24, 2.45) is 11.8 Å². The molecule has 0 aliphatic heterocycles.